The van der Waals surface area contributed by atoms with Crippen molar-refractivity contribution >= 4 is 22.7 Å². The van der Waals surface area contributed by atoms with Crippen molar-refractivity contribution in [2.24, 2.45) is 0 Å². The molecular formula is C13H16N2S2. The molecule has 17 heavy (non-hydrogen) atoms. The first kappa shape index (κ1) is 11.4. The van der Waals surface area contributed by atoms with Crippen molar-refractivity contribution in [3.8, 4) is 9.88 Å². The minimum absolute atomic E-state index is 0.320. The molecular weight excluding hydrogens is 248 g/mol. The van der Waals surface area contributed by atoms with Gasteiger partial charge in [0.25, 0.3) is 0 Å². The number of thiophene rings is 1. The van der Waals surface area contributed by atoms with Gasteiger partial charge in [0, 0.05) is 17.3 Å². The van der Waals surface area contributed by atoms with Crippen molar-refractivity contribution in [2.75, 3.05) is 13.6 Å². The van der Waals surface area contributed by atoms with Gasteiger partial charge in [0.05, 0.1) is 10.6 Å². The zero-order chi connectivity index (χ0) is 11.7. The van der Waals surface area contributed by atoms with E-state index in [2.05, 4.69) is 28.2 Å². The molecule has 1 fully saturated rings. The molecule has 0 unspecified atom stereocenters. The van der Waals surface area contributed by atoms with Crippen LogP contribution in [0.25, 0.3) is 9.88 Å². The summed E-state index contributed by atoms with van der Waals surface area (Å²) in [6.07, 6.45) is 3.90. The number of hydrogen-bond acceptors (Lipinski definition) is 4. The molecule has 0 aliphatic heterocycles. The largest absolute Gasteiger partial charge is 0.319 e. The van der Waals surface area contributed by atoms with Gasteiger partial charge in [-0.3, -0.25) is 0 Å². The van der Waals surface area contributed by atoms with E-state index in [0.29, 0.717) is 5.41 Å². The molecule has 1 aliphatic rings. The Kier molecular flexibility index (Phi) is 3.03. The average Bonchev–Trinajstić information content (AvgIpc) is 2.92. The van der Waals surface area contributed by atoms with Crippen LogP contribution in [0.1, 0.15) is 25.0 Å². The predicted octanol–water partition coefficient (Wildman–Crippen LogP) is 3.51. The molecule has 0 amide bonds. The minimum atomic E-state index is 0.320. The molecule has 0 spiro atoms. The van der Waals surface area contributed by atoms with Crippen LogP contribution in [0.5, 0.6) is 0 Å². The number of nitrogens with zero attached hydrogens (tertiary/aromatic N) is 1. The fraction of sp³-hybridized carbons (Fsp3) is 0.462. The second-order valence-electron chi connectivity index (χ2n) is 4.68. The summed E-state index contributed by atoms with van der Waals surface area (Å²) < 4.78 is 0. The zero-order valence-corrected chi connectivity index (χ0v) is 11.5. The molecule has 1 aliphatic carbocycles. The highest BCUT2D eigenvalue weighted by atomic mass is 32.1. The van der Waals surface area contributed by atoms with Crippen molar-refractivity contribution in [3.63, 3.8) is 0 Å². The Bertz CT molecular complexity index is 483. The van der Waals surface area contributed by atoms with Crippen LogP contribution in [0.15, 0.2) is 22.9 Å². The molecule has 1 N–H and O–H groups in total. The molecule has 0 radical (unpaired) electrons. The van der Waals surface area contributed by atoms with E-state index in [-0.39, 0.29) is 0 Å². The first-order valence-corrected chi connectivity index (χ1v) is 7.74. The molecule has 2 aromatic heterocycles. The highest BCUT2D eigenvalue weighted by Crippen LogP contribution is 2.44. The lowest BCUT2D eigenvalue weighted by atomic mass is 9.67. The Morgan fingerprint density at radius 2 is 2.29 bits per heavy atom. The van der Waals surface area contributed by atoms with Crippen LogP contribution in [0.3, 0.4) is 0 Å². The molecule has 0 aromatic carbocycles. The van der Waals surface area contributed by atoms with Gasteiger partial charge in [-0.25, -0.2) is 4.98 Å². The Morgan fingerprint density at radius 1 is 1.41 bits per heavy atom. The van der Waals surface area contributed by atoms with Crippen LogP contribution in [0.4, 0.5) is 0 Å². The van der Waals surface area contributed by atoms with Crippen LogP contribution >= 0.6 is 22.7 Å². The Balaban J connectivity index is 1.89. The lowest BCUT2D eigenvalue weighted by molar-refractivity contribution is 0.233. The average molecular weight is 264 g/mol. The van der Waals surface area contributed by atoms with Crippen LogP contribution in [0.2, 0.25) is 0 Å². The zero-order valence-electron chi connectivity index (χ0n) is 9.90. The number of thiazole rings is 1. The molecule has 2 heterocycles. The predicted molar refractivity (Wildman–Crippen MR) is 74.9 cm³/mol. The Labute approximate surface area is 110 Å². The fourth-order valence-electron chi connectivity index (χ4n) is 2.50. The minimum Gasteiger partial charge on any atom is -0.319 e. The third kappa shape index (κ3) is 1.94. The van der Waals surface area contributed by atoms with E-state index in [1.165, 1.54) is 34.8 Å². The fourth-order valence-corrected chi connectivity index (χ4v) is 4.25. The highest BCUT2D eigenvalue weighted by Gasteiger charge is 2.40. The SMILES string of the molecule is CNCC1(c2csc(-c3cccs3)n2)CCC1. The maximum atomic E-state index is 4.85. The molecule has 2 nitrogen and oxygen atoms in total. The topological polar surface area (TPSA) is 24.9 Å². The summed E-state index contributed by atoms with van der Waals surface area (Å²) in [6, 6.07) is 4.24. The van der Waals surface area contributed by atoms with E-state index in [9.17, 15) is 0 Å². The van der Waals surface area contributed by atoms with Gasteiger partial charge in [-0.2, -0.15) is 0 Å². The van der Waals surface area contributed by atoms with Gasteiger partial charge >= 0.3 is 0 Å². The number of rotatable bonds is 4. The number of likely N-dealkylation sites (N-methyl/N-ethyl adjacent to an activating group) is 1. The van der Waals surface area contributed by atoms with E-state index in [1.807, 2.05) is 7.05 Å². The molecule has 0 atom stereocenters. The molecule has 1 saturated carbocycles. The van der Waals surface area contributed by atoms with Crippen LogP contribution in [-0.2, 0) is 5.41 Å². The summed E-state index contributed by atoms with van der Waals surface area (Å²) in [5.41, 5.74) is 1.62. The summed E-state index contributed by atoms with van der Waals surface area (Å²) in [6.45, 7) is 1.06. The first-order valence-electron chi connectivity index (χ1n) is 5.99. The summed E-state index contributed by atoms with van der Waals surface area (Å²) >= 11 is 3.55. The van der Waals surface area contributed by atoms with Gasteiger partial charge < -0.3 is 5.32 Å². The summed E-state index contributed by atoms with van der Waals surface area (Å²) in [4.78, 5) is 6.15. The third-order valence-corrected chi connectivity index (χ3v) is 5.49. The lowest BCUT2D eigenvalue weighted by Gasteiger charge is -2.40. The van der Waals surface area contributed by atoms with E-state index >= 15 is 0 Å². The maximum Gasteiger partial charge on any atom is 0.133 e. The normalized spacial score (nSPS) is 17.9. The van der Waals surface area contributed by atoms with Crippen molar-refractivity contribution < 1.29 is 0 Å². The van der Waals surface area contributed by atoms with Gasteiger partial charge in [-0.15, -0.1) is 22.7 Å². The van der Waals surface area contributed by atoms with E-state index < -0.39 is 0 Å². The standard InChI is InChI=1S/C13H16N2S2/c1-14-9-13(5-3-6-13)11-8-17-12(15-11)10-4-2-7-16-10/h2,4,7-8,14H,3,5-6,9H2,1H3. The second-order valence-corrected chi connectivity index (χ2v) is 6.49. The van der Waals surface area contributed by atoms with Crippen LogP contribution in [-0.4, -0.2) is 18.6 Å². The van der Waals surface area contributed by atoms with Crippen molar-refractivity contribution in [1.82, 2.24) is 10.3 Å². The Morgan fingerprint density at radius 3 is 2.88 bits per heavy atom. The van der Waals surface area contributed by atoms with E-state index in [0.717, 1.165) is 6.54 Å². The van der Waals surface area contributed by atoms with Gasteiger partial charge in [0.15, 0.2) is 0 Å². The Hall–Kier alpha value is -0.710. The molecule has 90 valence electrons. The molecule has 0 saturated heterocycles. The number of nitrogens with one attached hydrogen (secondary N) is 1. The van der Waals surface area contributed by atoms with E-state index in [4.69, 9.17) is 4.98 Å². The molecule has 4 heteroatoms. The third-order valence-electron chi connectivity index (χ3n) is 3.61. The first-order chi connectivity index (χ1) is 8.34. The lowest BCUT2D eigenvalue weighted by Crippen LogP contribution is -2.43. The summed E-state index contributed by atoms with van der Waals surface area (Å²) in [5, 5.41) is 8.87. The molecule has 2 aromatic rings. The monoisotopic (exact) mass is 264 g/mol. The van der Waals surface area contributed by atoms with Crippen molar-refractivity contribution in [1.29, 1.82) is 0 Å². The smallest absolute Gasteiger partial charge is 0.133 e. The van der Waals surface area contributed by atoms with Crippen molar-refractivity contribution in [2.45, 2.75) is 24.7 Å². The van der Waals surface area contributed by atoms with Crippen molar-refractivity contribution in [3.05, 3.63) is 28.6 Å². The van der Waals surface area contributed by atoms with Gasteiger partial charge in [-0.05, 0) is 31.3 Å². The number of hydrogen-bond donors (Lipinski definition) is 1. The number of aromatic nitrogens is 1. The summed E-state index contributed by atoms with van der Waals surface area (Å²) in [7, 11) is 2.03. The highest BCUT2D eigenvalue weighted by molar-refractivity contribution is 7.20. The second kappa shape index (κ2) is 4.52. The van der Waals surface area contributed by atoms with Gasteiger partial charge in [0.1, 0.15) is 5.01 Å². The summed E-state index contributed by atoms with van der Waals surface area (Å²) in [5.74, 6) is 0. The molecule has 3 rings (SSSR count). The molecule has 0 bridgehead atoms. The van der Waals surface area contributed by atoms with Gasteiger partial charge in [0.2, 0.25) is 0 Å². The maximum absolute atomic E-state index is 4.85. The quantitative estimate of drug-likeness (QED) is 0.914. The van der Waals surface area contributed by atoms with Crippen LogP contribution < -0.4 is 5.32 Å². The van der Waals surface area contributed by atoms with E-state index in [1.54, 1.807) is 22.7 Å². The van der Waals surface area contributed by atoms with Gasteiger partial charge in [-0.1, -0.05) is 12.5 Å². The van der Waals surface area contributed by atoms with Crippen LogP contribution in [0, 0.1) is 0 Å².